The number of piperazine rings is 1. The van der Waals surface area contributed by atoms with Gasteiger partial charge in [0.15, 0.2) is 0 Å². The minimum atomic E-state index is -1.84. The predicted octanol–water partition coefficient (Wildman–Crippen LogP) is -2.93. The van der Waals surface area contributed by atoms with E-state index in [2.05, 4.69) is 10.6 Å². The number of nitrogens with one attached hydrogen (secondary N) is 2. The van der Waals surface area contributed by atoms with Gasteiger partial charge in [-0.1, -0.05) is 0 Å². The minimum Gasteiger partial charge on any atom is -0.387 e. The Balaban J connectivity index is 2.32. The van der Waals surface area contributed by atoms with Gasteiger partial charge in [-0.15, -0.1) is 0 Å². The van der Waals surface area contributed by atoms with E-state index in [1.165, 1.54) is 6.92 Å². The molecule has 2 heterocycles. The lowest BCUT2D eigenvalue weighted by molar-refractivity contribution is -0.170. The maximum absolute atomic E-state index is 11.5. The second-order valence-electron chi connectivity index (χ2n) is 3.72. The summed E-state index contributed by atoms with van der Waals surface area (Å²) in [5.41, 5.74) is -1.84. The van der Waals surface area contributed by atoms with Gasteiger partial charge in [0.25, 0.3) is 11.6 Å². The molecule has 2 fully saturated rings. The second-order valence-corrected chi connectivity index (χ2v) is 3.72. The van der Waals surface area contributed by atoms with Crippen molar-refractivity contribution in [2.24, 2.45) is 0 Å². The van der Waals surface area contributed by atoms with Crippen LogP contribution in [0.5, 0.6) is 0 Å². The third-order valence-electron chi connectivity index (χ3n) is 2.66. The first-order chi connectivity index (χ1) is 6.97. The number of aliphatic hydroxyl groups is 2. The molecule has 0 unspecified atom stereocenters. The van der Waals surface area contributed by atoms with Crippen LogP contribution in [0.1, 0.15) is 6.92 Å². The summed E-state index contributed by atoms with van der Waals surface area (Å²) >= 11 is 0. The van der Waals surface area contributed by atoms with Gasteiger partial charge in [-0.2, -0.15) is 0 Å². The average Bonchev–Trinajstić information content (AvgIpc) is 2.39. The largest absolute Gasteiger partial charge is 0.387 e. The molecule has 0 aromatic rings. The van der Waals surface area contributed by atoms with E-state index in [1.807, 2.05) is 0 Å². The molecule has 0 aromatic heterocycles. The number of hydrogen-bond donors (Lipinski definition) is 4. The van der Waals surface area contributed by atoms with Crippen LogP contribution in [0.4, 0.5) is 0 Å². The van der Waals surface area contributed by atoms with Crippen LogP contribution in [0.15, 0.2) is 0 Å². The highest BCUT2D eigenvalue weighted by molar-refractivity contribution is 5.97. The molecule has 2 aliphatic heterocycles. The van der Waals surface area contributed by atoms with Crippen molar-refractivity contribution in [3.05, 3.63) is 0 Å². The van der Waals surface area contributed by atoms with Crippen molar-refractivity contribution >= 4 is 11.8 Å². The summed E-state index contributed by atoms with van der Waals surface area (Å²) in [5, 5.41) is 23.7. The summed E-state index contributed by atoms with van der Waals surface area (Å²) < 4.78 is 5.15. The number of aliphatic hydroxyl groups excluding tert-OH is 2. The molecule has 7 heteroatoms. The van der Waals surface area contributed by atoms with E-state index in [0.717, 1.165) is 0 Å². The molecule has 2 amide bonds. The summed E-state index contributed by atoms with van der Waals surface area (Å²) in [7, 11) is 0. The number of hydrogen-bond acceptors (Lipinski definition) is 5. The van der Waals surface area contributed by atoms with E-state index >= 15 is 0 Å². The molecule has 0 aliphatic carbocycles. The van der Waals surface area contributed by atoms with Crippen molar-refractivity contribution in [1.29, 1.82) is 0 Å². The van der Waals surface area contributed by atoms with Crippen LogP contribution in [0.3, 0.4) is 0 Å². The first-order valence-electron chi connectivity index (χ1n) is 4.60. The van der Waals surface area contributed by atoms with Crippen molar-refractivity contribution in [2.45, 2.75) is 31.0 Å². The van der Waals surface area contributed by atoms with Gasteiger partial charge in [0.1, 0.15) is 12.2 Å². The Morgan fingerprint density at radius 1 is 1.47 bits per heavy atom. The van der Waals surface area contributed by atoms with E-state index in [1.54, 1.807) is 0 Å². The van der Waals surface area contributed by atoms with Crippen LogP contribution in [-0.4, -0.2) is 52.6 Å². The van der Waals surface area contributed by atoms with Gasteiger partial charge >= 0.3 is 0 Å². The summed E-state index contributed by atoms with van der Waals surface area (Å²) in [4.78, 5) is 22.7. The molecule has 1 spiro atoms. The van der Waals surface area contributed by atoms with Gasteiger partial charge in [-0.3, -0.25) is 9.59 Å². The Kier molecular flexibility index (Phi) is 2.18. The fraction of sp³-hybridized carbons (Fsp3) is 0.750. The Hall–Kier alpha value is -1.18. The molecule has 4 N–H and O–H groups in total. The lowest BCUT2D eigenvalue weighted by Gasteiger charge is -2.34. The van der Waals surface area contributed by atoms with Gasteiger partial charge in [-0.05, 0) is 6.92 Å². The Morgan fingerprint density at radius 2 is 2.13 bits per heavy atom. The average molecular weight is 216 g/mol. The van der Waals surface area contributed by atoms with Crippen LogP contribution in [0, 0.1) is 0 Å². The van der Waals surface area contributed by atoms with Crippen molar-refractivity contribution in [3.63, 3.8) is 0 Å². The van der Waals surface area contributed by atoms with Gasteiger partial charge in [-0.25, -0.2) is 0 Å². The number of carbonyl (C=O) groups excluding carboxylic acids is 2. The Morgan fingerprint density at radius 3 is 2.67 bits per heavy atom. The first kappa shape index (κ1) is 10.3. The molecule has 2 aliphatic rings. The molecule has 7 nitrogen and oxygen atoms in total. The number of rotatable bonds is 0. The standard InChI is InChI=1S/C8H12N2O5/c1-3-5(12)6(13)8(15-3)7(14)9-2-4(11)10-8/h3,5-6,12-13H,2H2,1H3,(H,9,14)(H,10,11)/t3-,5+,6+,8-/m0/s1. The zero-order valence-electron chi connectivity index (χ0n) is 8.06. The van der Waals surface area contributed by atoms with Crippen LogP contribution in [0.25, 0.3) is 0 Å². The van der Waals surface area contributed by atoms with Crippen molar-refractivity contribution in [3.8, 4) is 0 Å². The van der Waals surface area contributed by atoms with Crippen molar-refractivity contribution in [2.75, 3.05) is 6.54 Å². The van der Waals surface area contributed by atoms with Crippen LogP contribution < -0.4 is 10.6 Å². The summed E-state index contributed by atoms with van der Waals surface area (Å²) in [5.74, 6) is -1.10. The van der Waals surface area contributed by atoms with Crippen molar-refractivity contribution in [1.82, 2.24) is 10.6 Å². The van der Waals surface area contributed by atoms with Crippen molar-refractivity contribution < 1.29 is 24.5 Å². The Bertz CT molecular complexity index is 320. The fourth-order valence-electron chi connectivity index (χ4n) is 1.82. The lowest BCUT2D eigenvalue weighted by Crippen LogP contribution is -2.70. The number of carbonyl (C=O) groups is 2. The molecule has 84 valence electrons. The maximum Gasteiger partial charge on any atom is 0.276 e. The van der Waals surface area contributed by atoms with E-state index in [0.29, 0.717) is 0 Å². The maximum atomic E-state index is 11.5. The highest BCUT2D eigenvalue weighted by Gasteiger charge is 2.60. The quantitative estimate of drug-likeness (QED) is 0.347. The topological polar surface area (TPSA) is 108 Å². The number of amides is 2. The molecular formula is C8H12N2O5. The number of ether oxygens (including phenoxy) is 1. The Labute approximate surface area is 85.4 Å². The second kappa shape index (κ2) is 3.16. The van der Waals surface area contributed by atoms with E-state index in [9.17, 15) is 19.8 Å². The third kappa shape index (κ3) is 1.31. The van der Waals surface area contributed by atoms with Gasteiger partial charge in [0.05, 0.1) is 12.6 Å². The van der Waals surface area contributed by atoms with Gasteiger partial charge in [0, 0.05) is 0 Å². The zero-order chi connectivity index (χ0) is 11.2. The lowest BCUT2D eigenvalue weighted by atomic mass is 10.0. The minimum absolute atomic E-state index is 0.152. The SMILES string of the molecule is C[C@@H]1O[C@@]2(NC(=O)CNC2=O)[C@H](O)[C@@H]1O. The molecule has 0 bridgehead atoms. The third-order valence-corrected chi connectivity index (χ3v) is 2.66. The molecule has 4 atom stereocenters. The molecule has 0 aromatic carbocycles. The van der Waals surface area contributed by atoms with Crippen LogP contribution in [-0.2, 0) is 14.3 Å². The van der Waals surface area contributed by atoms with E-state index in [4.69, 9.17) is 4.74 Å². The van der Waals surface area contributed by atoms with E-state index in [-0.39, 0.29) is 6.54 Å². The predicted molar refractivity (Wildman–Crippen MR) is 46.4 cm³/mol. The van der Waals surface area contributed by atoms with E-state index < -0.39 is 35.9 Å². The molecule has 0 radical (unpaired) electrons. The highest BCUT2D eigenvalue weighted by atomic mass is 16.6. The molecule has 15 heavy (non-hydrogen) atoms. The summed E-state index contributed by atoms with van der Waals surface area (Å²) in [6.07, 6.45) is -3.38. The van der Waals surface area contributed by atoms with Gasteiger partial charge in [0.2, 0.25) is 5.91 Å². The molecule has 2 saturated heterocycles. The highest BCUT2D eigenvalue weighted by Crippen LogP contribution is 2.30. The monoisotopic (exact) mass is 216 g/mol. The summed E-state index contributed by atoms with van der Waals surface area (Å²) in [6.45, 7) is 1.36. The molecule has 2 rings (SSSR count). The zero-order valence-corrected chi connectivity index (χ0v) is 8.06. The van der Waals surface area contributed by atoms with Gasteiger partial charge < -0.3 is 25.6 Å². The molecule has 0 saturated carbocycles. The van der Waals surface area contributed by atoms with Crippen LogP contribution in [0.2, 0.25) is 0 Å². The normalized spacial score (nSPS) is 45.4. The smallest absolute Gasteiger partial charge is 0.276 e. The van der Waals surface area contributed by atoms with Crippen LogP contribution >= 0.6 is 0 Å². The molecular weight excluding hydrogens is 204 g/mol. The fourth-order valence-corrected chi connectivity index (χ4v) is 1.82. The first-order valence-corrected chi connectivity index (χ1v) is 4.60. The summed E-state index contributed by atoms with van der Waals surface area (Å²) in [6, 6.07) is 0.